The molecule has 1 aromatic carbocycles. The minimum Gasteiger partial charge on any atom is -0.229 e. The minimum absolute atomic E-state index is 0.255. The number of rotatable bonds is 5. The van der Waals surface area contributed by atoms with E-state index in [1.54, 1.807) is 11.8 Å². The molecule has 90 valence electrons. The fourth-order valence-electron chi connectivity index (χ4n) is 1.20. The Morgan fingerprint density at radius 1 is 1.38 bits per heavy atom. The molecule has 0 aromatic heterocycles. The molecule has 0 heterocycles. The van der Waals surface area contributed by atoms with Crippen molar-refractivity contribution in [3.05, 3.63) is 33.8 Å². The van der Waals surface area contributed by atoms with Gasteiger partial charge in [-0.2, -0.15) is 11.8 Å². The molecule has 0 atom stereocenters. The molecule has 1 aromatic rings. The maximum absolute atomic E-state index is 10.9. The summed E-state index contributed by atoms with van der Waals surface area (Å²) in [6.45, 7) is 2.07. The summed E-state index contributed by atoms with van der Waals surface area (Å²) >= 11 is 5.14. The Balaban J connectivity index is 2.47. The molecule has 0 saturated heterocycles. The van der Waals surface area contributed by atoms with Gasteiger partial charge in [-0.25, -0.2) is 8.42 Å². The van der Waals surface area contributed by atoms with Gasteiger partial charge in [0.2, 0.25) is 0 Å². The first-order valence-electron chi connectivity index (χ1n) is 4.89. The Morgan fingerprint density at radius 3 is 2.69 bits per heavy atom. The maximum Gasteiger partial charge on any atom is 0.148 e. The van der Waals surface area contributed by atoms with Crippen LogP contribution in [0.2, 0.25) is 0 Å². The highest BCUT2D eigenvalue weighted by Crippen LogP contribution is 2.23. The van der Waals surface area contributed by atoms with E-state index in [2.05, 4.69) is 28.9 Å². The Hall–Kier alpha value is -0.000000000000000111. The van der Waals surface area contributed by atoms with Crippen LogP contribution in [0.5, 0.6) is 0 Å². The lowest BCUT2D eigenvalue weighted by Gasteiger charge is -2.06. The number of hydrogen-bond acceptors (Lipinski definition) is 3. The molecule has 0 aliphatic carbocycles. The van der Waals surface area contributed by atoms with Gasteiger partial charge in [0, 0.05) is 22.2 Å². The van der Waals surface area contributed by atoms with Gasteiger partial charge in [0.25, 0.3) is 0 Å². The van der Waals surface area contributed by atoms with E-state index in [1.807, 2.05) is 12.1 Å². The molecular formula is C11H15BrO2S2. The summed E-state index contributed by atoms with van der Waals surface area (Å²) in [4.78, 5) is 0. The van der Waals surface area contributed by atoms with Crippen LogP contribution in [0.25, 0.3) is 0 Å². The standard InChI is InChI=1S/C11H15BrO2S2/c1-9-10(4-3-5-11(9)12)8-15-6-7-16(2,13)14/h3-5H,6-8H2,1-2H3. The van der Waals surface area contributed by atoms with Crippen LogP contribution in [0, 0.1) is 6.92 Å². The minimum atomic E-state index is -2.83. The second-order valence-electron chi connectivity index (χ2n) is 3.71. The van der Waals surface area contributed by atoms with Crippen molar-refractivity contribution in [3.8, 4) is 0 Å². The molecule has 0 radical (unpaired) electrons. The van der Waals surface area contributed by atoms with E-state index in [4.69, 9.17) is 0 Å². The monoisotopic (exact) mass is 322 g/mol. The van der Waals surface area contributed by atoms with Crippen LogP contribution in [0.15, 0.2) is 22.7 Å². The lowest BCUT2D eigenvalue weighted by Crippen LogP contribution is -2.05. The lowest BCUT2D eigenvalue weighted by molar-refractivity contribution is 0.603. The van der Waals surface area contributed by atoms with E-state index in [1.165, 1.54) is 17.4 Å². The Bertz CT molecular complexity index is 455. The molecule has 16 heavy (non-hydrogen) atoms. The zero-order chi connectivity index (χ0) is 12.2. The van der Waals surface area contributed by atoms with E-state index in [0.29, 0.717) is 5.75 Å². The van der Waals surface area contributed by atoms with Crippen LogP contribution in [0.1, 0.15) is 11.1 Å². The van der Waals surface area contributed by atoms with Gasteiger partial charge in [-0.1, -0.05) is 28.1 Å². The first-order chi connectivity index (χ1) is 7.40. The van der Waals surface area contributed by atoms with E-state index in [9.17, 15) is 8.42 Å². The molecule has 0 spiro atoms. The van der Waals surface area contributed by atoms with Crippen molar-refractivity contribution in [2.24, 2.45) is 0 Å². The van der Waals surface area contributed by atoms with Crippen LogP contribution in [-0.4, -0.2) is 26.2 Å². The lowest BCUT2D eigenvalue weighted by atomic mass is 10.1. The Kier molecular flexibility index (Phi) is 5.34. The predicted molar refractivity (Wildman–Crippen MR) is 74.8 cm³/mol. The molecule has 0 aliphatic heterocycles. The average Bonchev–Trinajstić information content (AvgIpc) is 2.17. The Labute approximate surface area is 110 Å². The summed E-state index contributed by atoms with van der Waals surface area (Å²) < 4.78 is 23.0. The van der Waals surface area contributed by atoms with Crippen LogP contribution in [0.3, 0.4) is 0 Å². The maximum atomic E-state index is 10.9. The summed E-state index contributed by atoms with van der Waals surface area (Å²) in [6, 6.07) is 6.09. The molecule has 2 nitrogen and oxygen atoms in total. The summed E-state index contributed by atoms with van der Waals surface area (Å²) in [6.07, 6.45) is 1.28. The van der Waals surface area contributed by atoms with E-state index >= 15 is 0 Å². The SMILES string of the molecule is Cc1c(Br)cccc1CSCCS(C)(=O)=O. The number of sulfone groups is 1. The van der Waals surface area contributed by atoms with Crippen LogP contribution >= 0.6 is 27.7 Å². The number of thioether (sulfide) groups is 1. The van der Waals surface area contributed by atoms with Gasteiger partial charge in [-0.15, -0.1) is 0 Å². The summed E-state index contributed by atoms with van der Waals surface area (Å²) in [5.41, 5.74) is 2.49. The van der Waals surface area contributed by atoms with Gasteiger partial charge in [0.05, 0.1) is 5.75 Å². The fourth-order valence-corrected chi connectivity index (χ4v) is 3.97. The highest BCUT2D eigenvalue weighted by molar-refractivity contribution is 9.10. The first kappa shape index (κ1) is 14.1. The van der Waals surface area contributed by atoms with Gasteiger partial charge in [0.1, 0.15) is 9.84 Å². The van der Waals surface area contributed by atoms with Crippen LogP contribution < -0.4 is 0 Å². The zero-order valence-electron chi connectivity index (χ0n) is 9.36. The molecule has 1 rings (SSSR count). The quantitative estimate of drug-likeness (QED) is 0.781. The zero-order valence-corrected chi connectivity index (χ0v) is 12.6. The van der Waals surface area contributed by atoms with Crippen molar-refractivity contribution >= 4 is 37.5 Å². The number of benzene rings is 1. The van der Waals surface area contributed by atoms with Crippen molar-refractivity contribution in [3.63, 3.8) is 0 Å². The smallest absolute Gasteiger partial charge is 0.148 e. The second kappa shape index (κ2) is 6.07. The van der Waals surface area contributed by atoms with Gasteiger partial charge >= 0.3 is 0 Å². The molecule has 5 heteroatoms. The van der Waals surface area contributed by atoms with Gasteiger partial charge in [-0.3, -0.25) is 0 Å². The molecule has 0 bridgehead atoms. The van der Waals surface area contributed by atoms with E-state index in [0.717, 1.165) is 10.2 Å². The molecule has 0 fully saturated rings. The fraction of sp³-hybridized carbons (Fsp3) is 0.455. The predicted octanol–water partition coefficient (Wildman–Crippen LogP) is 3.04. The van der Waals surface area contributed by atoms with Crippen molar-refractivity contribution in [1.82, 2.24) is 0 Å². The molecule has 0 aliphatic rings. The third-order valence-electron chi connectivity index (χ3n) is 2.24. The molecule has 0 unspecified atom stereocenters. The summed E-state index contributed by atoms with van der Waals surface area (Å²) in [7, 11) is -2.83. The molecule has 0 amide bonds. The third-order valence-corrected chi connectivity index (χ3v) is 5.31. The largest absolute Gasteiger partial charge is 0.229 e. The van der Waals surface area contributed by atoms with Crippen LogP contribution in [-0.2, 0) is 15.6 Å². The van der Waals surface area contributed by atoms with Crippen molar-refractivity contribution in [2.45, 2.75) is 12.7 Å². The summed E-state index contributed by atoms with van der Waals surface area (Å²) in [5, 5.41) is 0. The number of hydrogen-bond donors (Lipinski definition) is 0. The van der Waals surface area contributed by atoms with E-state index < -0.39 is 9.84 Å². The van der Waals surface area contributed by atoms with Crippen LogP contribution in [0.4, 0.5) is 0 Å². The topological polar surface area (TPSA) is 34.1 Å². The van der Waals surface area contributed by atoms with Crippen molar-refractivity contribution < 1.29 is 8.42 Å². The molecule has 0 saturated carbocycles. The highest BCUT2D eigenvalue weighted by atomic mass is 79.9. The van der Waals surface area contributed by atoms with Crippen molar-refractivity contribution in [1.29, 1.82) is 0 Å². The third kappa shape index (κ3) is 4.89. The highest BCUT2D eigenvalue weighted by Gasteiger charge is 2.04. The summed E-state index contributed by atoms with van der Waals surface area (Å²) in [5.74, 6) is 1.77. The average molecular weight is 323 g/mol. The van der Waals surface area contributed by atoms with Crippen molar-refractivity contribution in [2.75, 3.05) is 17.8 Å². The first-order valence-corrected chi connectivity index (χ1v) is 8.90. The second-order valence-corrected chi connectivity index (χ2v) is 7.93. The van der Waals surface area contributed by atoms with Gasteiger partial charge in [-0.05, 0) is 24.1 Å². The number of halogens is 1. The van der Waals surface area contributed by atoms with E-state index in [-0.39, 0.29) is 5.75 Å². The Morgan fingerprint density at radius 2 is 2.06 bits per heavy atom. The normalized spacial score (nSPS) is 11.7. The van der Waals surface area contributed by atoms with Gasteiger partial charge < -0.3 is 0 Å². The molecular weight excluding hydrogens is 308 g/mol. The van der Waals surface area contributed by atoms with Gasteiger partial charge in [0.15, 0.2) is 0 Å². The molecule has 0 N–H and O–H groups in total.